The van der Waals surface area contributed by atoms with E-state index in [1.54, 1.807) is 0 Å². The lowest BCUT2D eigenvalue weighted by molar-refractivity contribution is 0.372. The Morgan fingerprint density at radius 2 is 2.22 bits per heavy atom. The first kappa shape index (κ1) is 12.9. The van der Waals surface area contributed by atoms with Crippen LogP contribution in [0.2, 0.25) is 0 Å². The molecule has 2 rings (SSSR count). The number of rotatable bonds is 3. The molecular weight excluding hydrogens is 222 g/mol. The first-order valence-corrected chi connectivity index (χ1v) is 6.54. The SMILES string of the molecule is Cc1ccc(N2CCCC2CN(C)C)c(C#N)c1. The number of benzene rings is 1. The van der Waals surface area contributed by atoms with Crippen molar-refractivity contribution in [3.63, 3.8) is 0 Å². The lowest BCUT2D eigenvalue weighted by Crippen LogP contribution is -2.37. The maximum atomic E-state index is 9.28. The van der Waals surface area contributed by atoms with Crippen molar-refractivity contribution in [1.82, 2.24) is 4.90 Å². The molecule has 1 unspecified atom stereocenters. The molecule has 1 aromatic rings. The van der Waals surface area contributed by atoms with Crippen molar-refractivity contribution < 1.29 is 0 Å². The lowest BCUT2D eigenvalue weighted by Gasteiger charge is -2.29. The zero-order valence-electron chi connectivity index (χ0n) is 11.5. The van der Waals surface area contributed by atoms with Crippen molar-refractivity contribution in [2.75, 3.05) is 32.1 Å². The minimum absolute atomic E-state index is 0.537. The summed E-state index contributed by atoms with van der Waals surface area (Å²) in [5.74, 6) is 0. The smallest absolute Gasteiger partial charge is 0.101 e. The van der Waals surface area contributed by atoms with Crippen LogP contribution in [0, 0.1) is 18.3 Å². The second-order valence-corrected chi connectivity index (χ2v) is 5.38. The molecule has 1 aromatic carbocycles. The highest BCUT2D eigenvalue weighted by atomic mass is 15.2. The molecule has 0 N–H and O–H groups in total. The van der Waals surface area contributed by atoms with Gasteiger partial charge in [-0.25, -0.2) is 0 Å². The Morgan fingerprint density at radius 1 is 1.44 bits per heavy atom. The molecule has 0 saturated carbocycles. The summed E-state index contributed by atoms with van der Waals surface area (Å²) >= 11 is 0. The quantitative estimate of drug-likeness (QED) is 0.816. The summed E-state index contributed by atoms with van der Waals surface area (Å²) in [5, 5.41) is 9.28. The summed E-state index contributed by atoms with van der Waals surface area (Å²) in [5.41, 5.74) is 3.06. The number of nitriles is 1. The first-order chi connectivity index (χ1) is 8.61. The summed E-state index contributed by atoms with van der Waals surface area (Å²) in [7, 11) is 4.22. The number of anilines is 1. The van der Waals surface area contributed by atoms with Gasteiger partial charge >= 0.3 is 0 Å². The van der Waals surface area contributed by atoms with Crippen molar-refractivity contribution in [1.29, 1.82) is 5.26 Å². The van der Waals surface area contributed by atoms with Crippen LogP contribution in [-0.2, 0) is 0 Å². The molecule has 1 atom stereocenters. The molecule has 3 heteroatoms. The van der Waals surface area contributed by atoms with Gasteiger partial charge < -0.3 is 9.80 Å². The fourth-order valence-corrected chi connectivity index (χ4v) is 2.75. The Balaban J connectivity index is 2.27. The summed E-state index contributed by atoms with van der Waals surface area (Å²) in [6.45, 7) is 4.15. The fourth-order valence-electron chi connectivity index (χ4n) is 2.75. The predicted octanol–water partition coefficient (Wildman–Crippen LogP) is 2.40. The molecule has 0 bridgehead atoms. The van der Waals surface area contributed by atoms with Gasteiger partial charge in [0.05, 0.1) is 11.3 Å². The van der Waals surface area contributed by atoms with Crippen molar-refractivity contribution >= 4 is 5.69 Å². The zero-order valence-corrected chi connectivity index (χ0v) is 11.5. The highest BCUT2D eigenvalue weighted by Gasteiger charge is 2.26. The van der Waals surface area contributed by atoms with Gasteiger partial charge in [-0.1, -0.05) is 6.07 Å². The van der Waals surface area contributed by atoms with Crippen molar-refractivity contribution in [2.24, 2.45) is 0 Å². The minimum atomic E-state index is 0.537. The van der Waals surface area contributed by atoms with Gasteiger partial charge in [0.15, 0.2) is 0 Å². The predicted molar refractivity (Wildman–Crippen MR) is 74.8 cm³/mol. The van der Waals surface area contributed by atoms with Gasteiger partial charge in [-0.05, 0) is 51.6 Å². The third-order valence-corrected chi connectivity index (χ3v) is 3.53. The summed E-state index contributed by atoms with van der Waals surface area (Å²) in [6, 6.07) is 9.05. The molecule has 0 aromatic heterocycles. The van der Waals surface area contributed by atoms with E-state index in [1.165, 1.54) is 12.8 Å². The van der Waals surface area contributed by atoms with Crippen LogP contribution in [0.15, 0.2) is 18.2 Å². The van der Waals surface area contributed by atoms with Crippen LogP contribution in [0.4, 0.5) is 5.69 Å². The average Bonchev–Trinajstić information content (AvgIpc) is 2.76. The van der Waals surface area contributed by atoms with Crippen LogP contribution >= 0.6 is 0 Å². The number of likely N-dealkylation sites (N-methyl/N-ethyl adjacent to an activating group) is 1. The molecule has 1 fully saturated rings. The summed E-state index contributed by atoms with van der Waals surface area (Å²) in [6.07, 6.45) is 2.44. The average molecular weight is 243 g/mol. The van der Waals surface area contributed by atoms with Gasteiger partial charge in [-0.3, -0.25) is 0 Å². The Hall–Kier alpha value is -1.53. The van der Waals surface area contributed by atoms with Gasteiger partial charge in [-0.15, -0.1) is 0 Å². The second-order valence-electron chi connectivity index (χ2n) is 5.38. The van der Waals surface area contributed by atoms with E-state index in [0.29, 0.717) is 6.04 Å². The monoisotopic (exact) mass is 243 g/mol. The third-order valence-electron chi connectivity index (χ3n) is 3.53. The number of hydrogen-bond acceptors (Lipinski definition) is 3. The number of aryl methyl sites for hydroxylation is 1. The molecule has 1 aliphatic rings. The number of nitrogens with zero attached hydrogens (tertiary/aromatic N) is 3. The van der Waals surface area contributed by atoms with Crippen LogP contribution in [0.25, 0.3) is 0 Å². The molecule has 0 spiro atoms. The molecule has 1 aliphatic heterocycles. The Kier molecular flexibility index (Phi) is 3.88. The fraction of sp³-hybridized carbons (Fsp3) is 0.533. The van der Waals surface area contributed by atoms with Crippen LogP contribution in [-0.4, -0.2) is 38.1 Å². The molecule has 1 heterocycles. The molecule has 0 aliphatic carbocycles. The Morgan fingerprint density at radius 3 is 2.89 bits per heavy atom. The van der Waals surface area contributed by atoms with E-state index in [2.05, 4.69) is 42.1 Å². The summed E-state index contributed by atoms with van der Waals surface area (Å²) in [4.78, 5) is 4.63. The van der Waals surface area contributed by atoms with Gasteiger partial charge in [-0.2, -0.15) is 5.26 Å². The van der Waals surface area contributed by atoms with Gasteiger partial charge in [0, 0.05) is 19.1 Å². The van der Waals surface area contributed by atoms with Gasteiger partial charge in [0.25, 0.3) is 0 Å². The topological polar surface area (TPSA) is 30.3 Å². The van der Waals surface area contributed by atoms with Gasteiger partial charge in [0.1, 0.15) is 6.07 Å². The minimum Gasteiger partial charge on any atom is -0.366 e. The molecule has 3 nitrogen and oxygen atoms in total. The highest BCUT2D eigenvalue weighted by molar-refractivity contribution is 5.61. The molecule has 1 saturated heterocycles. The number of hydrogen-bond donors (Lipinski definition) is 0. The van der Waals surface area contributed by atoms with E-state index in [9.17, 15) is 5.26 Å². The normalized spacial score (nSPS) is 19.3. The standard InChI is InChI=1S/C15H21N3/c1-12-6-7-15(13(9-12)10-16)18-8-4-5-14(18)11-17(2)3/h6-7,9,14H,4-5,8,11H2,1-3H3. The Labute approximate surface area is 110 Å². The van der Waals surface area contributed by atoms with E-state index in [0.717, 1.165) is 29.9 Å². The van der Waals surface area contributed by atoms with Crippen LogP contribution in [0.1, 0.15) is 24.0 Å². The van der Waals surface area contributed by atoms with Gasteiger partial charge in [0.2, 0.25) is 0 Å². The zero-order chi connectivity index (χ0) is 13.1. The van der Waals surface area contributed by atoms with Crippen LogP contribution in [0.5, 0.6) is 0 Å². The lowest BCUT2D eigenvalue weighted by atomic mass is 10.1. The van der Waals surface area contributed by atoms with E-state index in [4.69, 9.17) is 0 Å². The largest absolute Gasteiger partial charge is 0.366 e. The van der Waals surface area contributed by atoms with Crippen LogP contribution < -0.4 is 4.90 Å². The molecule has 0 radical (unpaired) electrons. The maximum Gasteiger partial charge on any atom is 0.101 e. The van der Waals surface area contributed by atoms with E-state index >= 15 is 0 Å². The van der Waals surface area contributed by atoms with Crippen molar-refractivity contribution in [3.05, 3.63) is 29.3 Å². The third kappa shape index (κ3) is 2.65. The molecule has 18 heavy (non-hydrogen) atoms. The van der Waals surface area contributed by atoms with E-state index in [-0.39, 0.29) is 0 Å². The van der Waals surface area contributed by atoms with E-state index < -0.39 is 0 Å². The molecular formula is C15H21N3. The first-order valence-electron chi connectivity index (χ1n) is 6.54. The molecule has 0 amide bonds. The second kappa shape index (κ2) is 5.41. The van der Waals surface area contributed by atoms with Crippen molar-refractivity contribution in [3.8, 4) is 6.07 Å². The Bertz CT molecular complexity index is 459. The summed E-state index contributed by atoms with van der Waals surface area (Å²) < 4.78 is 0. The molecule has 96 valence electrons. The van der Waals surface area contributed by atoms with Crippen LogP contribution in [0.3, 0.4) is 0 Å². The maximum absolute atomic E-state index is 9.28. The highest BCUT2D eigenvalue weighted by Crippen LogP contribution is 2.29. The van der Waals surface area contributed by atoms with Crippen molar-refractivity contribution in [2.45, 2.75) is 25.8 Å². The van der Waals surface area contributed by atoms with E-state index in [1.807, 2.05) is 13.0 Å².